The van der Waals surface area contributed by atoms with Crippen LogP contribution in [-0.2, 0) is 14.8 Å². The molecule has 0 aromatic rings. The van der Waals surface area contributed by atoms with Crippen LogP contribution < -0.4 is 4.72 Å². The van der Waals surface area contributed by atoms with Crippen LogP contribution in [0.4, 0.5) is 0 Å². The van der Waals surface area contributed by atoms with Crippen molar-refractivity contribution in [1.82, 2.24) is 4.72 Å². The molecule has 0 unspecified atom stereocenters. The number of carboxylic acid groups (broad SMARTS) is 1. The Labute approximate surface area is 109 Å². The van der Waals surface area contributed by atoms with Crippen LogP contribution in [0.25, 0.3) is 0 Å². The van der Waals surface area contributed by atoms with Gasteiger partial charge in [0.25, 0.3) is 0 Å². The monoisotopic (exact) mass is 277 g/mol. The molecule has 0 aromatic heterocycles. The minimum atomic E-state index is -3.50. The van der Waals surface area contributed by atoms with Gasteiger partial charge < -0.3 is 5.11 Å². The maximum Gasteiger partial charge on any atom is 0.321 e. The van der Waals surface area contributed by atoms with Gasteiger partial charge in [-0.3, -0.25) is 4.79 Å². The predicted octanol–water partition coefficient (Wildman–Crippen LogP) is 1.74. The maximum absolute atomic E-state index is 12.1. The molecule has 1 fully saturated rings. The summed E-state index contributed by atoms with van der Waals surface area (Å²) in [7, 11) is -3.50. The molecule has 18 heavy (non-hydrogen) atoms. The van der Waals surface area contributed by atoms with Gasteiger partial charge in [-0.05, 0) is 25.2 Å². The number of carboxylic acids is 1. The predicted molar refractivity (Wildman–Crippen MR) is 69.8 cm³/mol. The molecule has 1 atom stereocenters. The highest BCUT2D eigenvalue weighted by Gasteiger charge is 2.31. The van der Waals surface area contributed by atoms with Crippen LogP contribution in [0.3, 0.4) is 0 Å². The van der Waals surface area contributed by atoms with Crippen molar-refractivity contribution in [3.63, 3.8) is 0 Å². The molecule has 0 saturated heterocycles. The van der Waals surface area contributed by atoms with Crippen LogP contribution in [0.2, 0.25) is 0 Å². The second-order valence-electron chi connectivity index (χ2n) is 5.44. The maximum atomic E-state index is 12.1. The number of nitrogens with one attached hydrogen (secondary N) is 1. The summed E-state index contributed by atoms with van der Waals surface area (Å²) in [5, 5.41) is 8.64. The number of aliphatic carboxylic acids is 1. The van der Waals surface area contributed by atoms with Gasteiger partial charge in [0.1, 0.15) is 6.04 Å². The molecule has 0 amide bonds. The van der Waals surface area contributed by atoms with Gasteiger partial charge in [-0.2, -0.15) is 0 Å². The van der Waals surface area contributed by atoms with Crippen LogP contribution in [0, 0.1) is 5.92 Å². The molecular weight excluding hydrogens is 254 g/mol. The number of hydrogen-bond acceptors (Lipinski definition) is 3. The van der Waals surface area contributed by atoms with Gasteiger partial charge in [-0.15, -0.1) is 0 Å². The average Bonchev–Trinajstić information content (AvgIpc) is 2.28. The van der Waals surface area contributed by atoms with Gasteiger partial charge >= 0.3 is 5.97 Å². The van der Waals surface area contributed by atoms with E-state index in [-0.39, 0.29) is 5.92 Å². The van der Waals surface area contributed by atoms with E-state index in [1.54, 1.807) is 0 Å². The van der Waals surface area contributed by atoms with Gasteiger partial charge in [0, 0.05) is 0 Å². The Morgan fingerprint density at radius 2 is 1.83 bits per heavy atom. The molecule has 0 bridgehead atoms. The summed E-state index contributed by atoms with van der Waals surface area (Å²) < 4.78 is 26.6. The molecule has 2 N–H and O–H groups in total. The number of carbonyl (C=O) groups is 1. The summed E-state index contributed by atoms with van der Waals surface area (Å²) in [6.45, 7) is 3.76. The lowest BCUT2D eigenvalue weighted by Crippen LogP contribution is -2.46. The Kier molecular flexibility index (Phi) is 5.59. The quantitative estimate of drug-likeness (QED) is 0.774. The van der Waals surface area contributed by atoms with E-state index >= 15 is 0 Å². The fourth-order valence-corrected chi connectivity index (χ4v) is 4.08. The van der Waals surface area contributed by atoms with E-state index in [1.165, 1.54) is 0 Å². The van der Waals surface area contributed by atoms with Crippen LogP contribution in [-0.4, -0.2) is 30.8 Å². The Balaban J connectivity index is 2.68. The fraction of sp³-hybridized carbons (Fsp3) is 0.917. The van der Waals surface area contributed by atoms with E-state index in [1.807, 2.05) is 13.8 Å². The summed E-state index contributed by atoms with van der Waals surface area (Å²) in [6, 6.07) is -1.00. The Morgan fingerprint density at radius 3 is 2.28 bits per heavy atom. The first-order valence-electron chi connectivity index (χ1n) is 6.57. The van der Waals surface area contributed by atoms with Crippen molar-refractivity contribution in [3.05, 3.63) is 0 Å². The fourth-order valence-electron chi connectivity index (χ4n) is 2.34. The Bertz CT molecular complexity index is 372. The zero-order valence-corrected chi connectivity index (χ0v) is 11.9. The normalized spacial score (nSPS) is 19.9. The molecule has 1 rings (SSSR count). The minimum absolute atomic E-state index is 0.139. The Morgan fingerprint density at radius 1 is 1.28 bits per heavy atom. The molecule has 0 heterocycles. The lowest BCUT2D eigenvalue weighted by atomic mass is 10.0. The van der Waals surface area contributed by atoms with Crippen molar-refractivity contribution in [3.8, 4) is 0 Å². The van der Waals surface area contributed by atoms with Crippen molar-refractivity contribution >= 4 is 16.0 Å². The second kappa shape index (κ2) is 6.52. The zero-order valence-electron chi connectivity index (χ0n) is 11.1. The van der Waals surface area contributed by atoms with Gasteiger partial charge in [0.15, 0.2) is 0 Å². The van der Waals surface area contributed by atoms with E-state index in [0.717, 1.165) is 19.3 Å². The van der Waals surface area contributed by atoms with Crippen molar-refractivity contribution in [2.45, 2.75) is 63.7 Å². The topological polar surface area (TPSA) is 83.5 Å². The molecule has 0 radical (unpaired) electrons. The van der Waals surface area contributed by atoms with E-state index in [2.05, 4.69) is 4.72 Å². The minimum Gasteiger partial charge on any atom is -0.480 e. The highest BCUT2D eigenvalue weighted by molar-refractivity contribution is 7.90. The van der Waals surface area contributed by atoms with Gasteiger partial charge in [-0.25, -0.2) is 13.1 Å². The molecule has 1 aliphatic rings. The van der Waals surface area contributed by atoms with E-state index < -0.39 is 27.3 Å². The van der Waals surface area contributed by atoms with E-state index in [0.29, 0.717) is 19.3 Å². The molecule has 0 aliphatic heterocycles. The molecule has 1 saturated carbocycles. The number of rotatable bonds is 6. The molecule has 0 spiro atoms. The zero-order chi connectivity index (χ0) is 13.8. The van der Waals surface area contributed by atoms with Crippen LogP contribution in [0.5, 0.6) is 0 Å². The largest absolute Gasteiger partial charge is 0.480 e. The first kappa shape index (κ1) is 15.4. The third-order valence-electron chi connectivity index (χ3n) is 3.30. The third-order valence-corrected chi connectivity index (χ3v) is 5.26. The summed E-state index contributed by atoms with van der Waals surface area (Å²) in [6.07, 6.45) is 4.50. The van der Waals surface area contributed by atoms with Gasteiger partial charge in [0.05, 0.1) is 5.25 Å². The highest BCUT2D eigenvalue weighted by atomic mass is 32.2. The molecule has 5 nitrogen and oxygen atoms in total. The third kappa shape index (κ3) is 4.57. The smallest absolute Gasteiger partial charge is 0.321 e. The summed E-state index contributed by atoms with van der Waals surface area (Å²) in [5.41, 5.74) is 0. The van der Waals surface area contributed by atoms with Crippen molar-refractivity contribution < 1.29 is 18.3 Å². The van der Waals surface area contributed by atoms with Crippen molar-refractivity contribution in [2.24, 2.45) is 5.92 Å². The summed E-state index contributed by atoms with van der Waals surface area (Å²) >= 11 is 0. The van der Waals surface area contributed by atoms with E-state index in [9.17, 15) is 13.2 Å². The van der Waals surface area contributed by atoms with Crippen LogP contribution >= 0.6 is 0 Å². The van der Waals surface area contributed by atoms with Gasteiger partial charge in [0.2, 0.25) is 10.0 Å². The van der Waals surface area contributed by atoms with Crippen LogP contribution in [0.15, 0.2) is 0 Å². The summed E-state index contributed by atoms with van der Waals surface area (Å²) in [5.74, 6) is -0.955. The van der Waals surface area contributed by atoms with Crippen LogP contribution in [0.1, 0.15) is 52.4 Å². The number of sulfonamides is 1. The summed E-state index contributed by atoms with van der Waals surface area (Å²) in [4.78, 5) is 11.1. The first-order chi connectivity index (χ1) is 8.33. The molecule has 1 aliphatic carbocycles. The molecular formula is C12H23NO4S. The second-order valence-corrected chi connectivity index (χ2v) is 7.44. The highest BCUT2D eigenvalue weighted by Crippen LogP contribution is 2.23. The molecule has 106 valence electrons. The lowest BCUT2D eigenvalue weighted by molar-refractivity contribution is -0.139. The van der Waals surface area contributed by atoms with Gasteiger partial charge in [-0.1, -0.05) is 33.1 Å². The number of hydrogen-bond donors (Lipinski definition) is 2. The lowest BCUT2D eigenvalue weighted by Gasteiger charge is -2.24. The Hall–Kier alpha value is -0.620. The van der Waals surface area contributed by atoms with E-state index in [4.69, 9.17) is 5.11 Å². The van der Waals surface area contributed by atoms with Crippen molar-refractivity contribution in [2.75, 3.05) is 0 Å². The standard InChI is InChI=1S/C12H23NO4S/c1-9(2)8-11(12(14)15)13-18(16,17)10-6-4-3-5-7-10/h9-11,13H,3-8H2,1-2H3,(H,14,15)/t11-/m1/s1. The molecule has 0 aromatic carbocycles. The SMILES string of the molecule is CC(C)C[C@@H](NS(=O)(=O)C1CCCCC1)C(=O)O. The first-order valence-corrected chi connectivity index (χ1v) is 8.11. The molecule has 6 heteroatoms. The van der Waals surface area contributed by atoms with Crippen molar-refractivity contribution in [1.29, 1.82) is 0 Å². The average molecular weight is 277 g/mol.